The molecule has 1 aliphatic heterocycles. The lowest BCUT2D eigenvalue weighted by molar-refractivity contribution is -0.134. The molecule has 0 radical (unpaired) electrons. The second-order valence-electron chi connectivity index (χ2n) is 6.82. The van der Waals surface area contributed by atoms with Crippen LogP contribution in [0.1, 0.15) is 59.8 Å². The molecule has 1 atom stereocenters. The highest BCUT2D eigenvalue weighted by Crippen LogP contribution is 2.28. The molecule has 26 heavy (non-hydrogen) atoms. The molecule has 138 valence electrons. The molecule has 1 amide bonds. The summed E-state index contributed by atoms with van der Waals surface area (Å²) in [5, 5.41) is 13.4. The minimum Gasteiger partial charge on any atom is -0.478 e. The van der Waals surface area contributed by atoms with E-state index in [1.807, 2.05) is 42.2 Å². The second kappa shape index (κ2) is 7.72. The van der Waals surface area contributed by atoms with Gasteiger partial charge < -0.3 is 10.0 Å². The number of carboxylic acid groups (broad SMARTS) is 1. The number of carbonyl (C=O) groups is 2. The van der Waals surface area contributed by atoms with Gasteiger partial charge in [-0.25, -0.2) is 4.79 Å². The molecule has 3 rings (SSSR count). The van der Waals surface area contributed by atoms with Crippen LogP contribution in [-0.4, -0.2) is 44.8 Å². The van der Waals surface area contributed by atoms with E-state index in [9.17, 15) is 14.7 Å². The minimum atomic E-state index is -0.949. The summed E-state index contributed by atoms with van der Waals surface area (Å²) in [6.07, 6.45) is 3.78. The zero-order valence-corrected chi connectivity index (χ0v) is 15.3. The number of aromatic nitrogens is 2. The van der Waals surface area contributed by atoms with Crippen molar-refractivity contribution >= 4 is 11.9 Å². The monoisotopic (exact) mass is 355 g/mol. The Morgan fingerprint density at radius 1 is 1.23 bits per heavy atom. The van der Waals surface area contributed by atoms with Crippen molar-refractivity contribution in [3.05, 3.63) is 53.3 Å². The van der Waals surface area contributed by atoms with Crippen LogP contribution in [0, 0.1) is 6.92 Å². The van der Waals surface area contributed by atoms with E-state index in [1.54, 1.807) is 11.6 Å². The summed E-state index contributed by atoms with van der Waals surface area (Å²) in [6, 6.07) is 10.1. The maximum Gasteiger partial charge on any atom is 0.339 e. The number of carboxylic acids is 1. The Morgan fingerprint density at radius 2 is 1.88 bits per heavy atom. The van der Waals surface area contributed by atoms with Crippen LogP contribution in [-0.2, 0) is 4.79 Å². The number of aromatic carboxylic acids is 1. The van der Waals surface area contributed by atoms with Crippen LogP contribution >= 0.6 is 0 Å². The highest BCUT2D eigenvalue weighted by Gasteiger charge is 2.30. The van der Waals surface area contributed by atoms with Gasteiger partial charge in [0, 0.05) is 13.1 Å². The normalized spacial score (nSPS) is 16.5. The molecule has 0 aliphatic carbocycles. The van der Waals surface area contributed by atoms with E-state index in [0.29, 0.717) is 18.8 Å². The molecule has 1 aliphatic rings. The topological polar surface area (TPSA) is 75.4 Å². The van der Waals surface area contributed by atoms with E-state index in [-0.39, 0.29) is 23.4 Å². The fourth-order valence-corrected chi connectivity index (χ4v) is 3.79. The highest BCUT2D eigenvalue weighted by atomic mass is 16.4. The van der Waals surface area contributed by atoms with Crippen molar-refractivity contribution in [1.82, 2.24) is 14.7 Å². The number of hydrogen-bond acceptors (Lipinski definition) is 3. The molecule has 1 aromatic heterocycles. The predicted octanol–water partition coefficient (Wildman–Crippen LogP) is 3.25. The van der Waals surface area contributed by atoms with Crippen molar-refractivity contribution in [2.24, 2.45) is 0 Å². The first-order chi connectivity index (χ1) is 12.5. The molecule has 1 N–H and O–H groups in total. The Bertz CT molecular complexity index is 777. The fourth-order valence-electron chi connectivity index (χ4n) is 3.79. The lowest BCUT2D eigenvalue weighted by atomic mass is 9.93. The van der Waals surface area contributed by atoms with E-state index in [4.69, 9.17) is 0 Å². The number of piperidine rings is 1. The van der Waals surface area contributed by atoms with E-state index >= 15 is 0 Å². The zero-order valence-electron chi connectivity index (χ0n) is 15.3. The molecule has 0 spiro atoms. The second-order valence-corrected chi connectivity index (χ2v) is 6.82. The minimum absolute atomic E-state index is 0.0993. The maximum absolute atomic E-state index is 13.0. The van der Waals surface area contributed by atoms with Crippen LogP contribution < -0.4 is 0 Å². The number of benzene rings is 1. The number of nitrogens with zero attached hydrogens (tertiary/aromatic N) is 3. The van der Waals surface area contributed by atoms with Crippen molar-refractivity contribution in [2.75, 3.05) is 13.1 Å². The van der Waals surface area contributed by atoms with Gasteiger partial charge in [0.15, 0.2) is 0 Å². The van der Waals surface area contributed by atoms with Gasteiger partial charge in [0.1, 0.15) is 5.56 Å². The molecule has 1 unspecified atom stereocenters. The summed E-state index contributed by atoms with van der Waals surface area (Å²) in [6.45, 7) is 5.18. The molecular formula is C20H25N3O3. The third kappa shape index (κ3) is 3.49. The van der Waals surface area contributed by atoms with Crippen molar-refractivity contribution < 1.29 is 14.7 Å². The molecule has 2 aromatic rings. The summed E-state index contributed by atoms with van der Waals surface area (Å²) in [4.78, 5) is 26.1. The van der Waals surface area contributed by atoms with E-state index in [1.165, 1.54) is 6.20 Å². The Balaban J connectivity index is 1.66. The van der Waals surface area contributed by atoms with Gasteiger partial charge in [-0.2, -0.15) is 5.10 Å². The maximum atomic E-state index is 13.0. The van der Waals surface area contributed by atoms with E-state index in [2.05, 4.69) is 5.10 Å². The van der Waals surface area contributed by atoms with Crippen LogP contribution in [0.5, 0.6) is 0 Å². The van der Waals surface area contributed by atoms with Crippen LogP contribution in [0.2, 0.25) is 0 Å². The first kappa shape index (κ1) is 18.2. The first-order valence-electron chi connectivity index (χ1n) is 9.14. The standard InChI is InChI=1S/C20H25N3O3/c1-3-17(15-7-5-4-6-8-15)19(24)22-11-9-16(10-12-22)23-14(2)18(13-21-23)20(25)26/h4-8,13,16-17H,3,9-12H2,1-2H3,(H,25,26). The average Bonchev–Trinajstić information content (AvgIpc) is 3.05. The number of amides is 1. The number of hydrogen-bond donors (Lipinski definition) is 1. The third-order valence-corrected chi connectivity index (χ3v) is 5.31. The lowest BCUT2D eigenvalue weighted by Gasteiger charge is -2.34. The van der Waals surface area contributed by atoms with Gasteiger partial charge in [-0.05, 0) is 31.7 Å². The summed E-state index contributed by atoms with van der Waals surface area (Å²) in [5.74, 6) is -0.867. The van der Waals surface area contributed by atoms with Gasteiger partial charge >= 0.3 is 5.97 Å². The van der Waals surface area contributed by atoms with Gasteiger partial charge in [-0.1, -0.05) is 37.3 Å². The average molecular weight is 355 g/mol. The third-order valence-electron chi connectivity index (χ3n) is 5.31. The largest absolute Gasteiger partial charge is 0.478 e. The summed E-state index contributed by atoms with van der Waals surface area (Å²) in [5.41, 5.74) is 1.99. The van der Waals surface area contributed by atoms with Gasteiger partial charge in [0.05, 0.1) is 23.9 Å². The van der Waals surface area contributed by atoms with Gasteiger partial charge in [0.25, 0.3) is 0 Å². The molecule has 6 nitrogen and oxygen atoms in total. The Labute approximate surface area is 153 Å². The van der Waals surface area contributed by atoms with Crippen molar-refractivity contribution in [1.29, 1.82) is 0 Å². The molecule has 1 aromatic carbocycles. The predicted molar refractivity (Wildman–Crippen MR) is 98.2 cm³/mol. The highest BCUT2D eigenvalue weighted by molar-refractivity contribution is 5.88. The lowest BCUT2D eigenvalue weighted by Crippen LogP contribution is -2.41. The van der Waals surface area contributed by atoms with Crippen molar-refractivity contribution in [3.63, 3.8) is 0 Å². The zero-order chi connectivity index (χ0) is 18.7. The molecule has 0 bridgehead atoms. The molecule has 1 fully saturated rings. The molecule has 0 saturated carbocycles. The SMILES string of the molecule is CCC(C(=O)N1CCC(n2ncc(C(=O)O)c2C)CC1)c1ccccc1. The van der Waals surface area contributed by atoms with E-state index < -0.39 is 5.97 Å². The molecule has 1 saturated heterocycles. The smallest absolute Gasteiger partial charge is 0.339 e. The van der Waals surface area contributed by atoms with Gasteiger partial charge in [0.2, 0.25) is 5.91 Å². The van der Waals surface area contributed by atoms with Crippen LogP contribution in [0.4, 0.5) is 0 Å². The fraction of sp³-hybridized carbons (Fsp3) is 0.450. The summed E-state index contributed by atoms with van der Waals surface area (Å²) in [7, 11) is 0. The van der Waals surface area contributed by atoms with Crippen LogP contribution in [0.25, 0.3) is 0 Å². The van der Waals surface area contributed by atoms with Gasteiger partial charge in [-0.15, -0.1) is 0 Å². The Kier molecular flexibility index (Phi) is 5.40. The molecular weight excluding hydrogens is 330 g/mol. The number of rotatable bonds is 5. The van der Waals surface area contributed by atoms with Crippen molar-refractivity contribution in [3.8, 4) is 0 Å². The number of likely N-dealkylation sites (tertiary alicyclic amines) is 1. The Morgan fingerprint density at radius 3 is 2.42 bits per heavy atom. The quantitative estimate of drug-likeness (QED) is 0.893. The Hall–Kier alpha value is -2.63. The van der Waals surface area contributed by atoms with Crippen LogP contribution in [0.15, 0.2) is 36.5 Å². The van der Waals surface area contributed by atoms with Gasteiger partial charge in [-0.3, -0.25) is 9.48 Å². The molecule has 2 heterocycles. The van der Waals surface area contributed by atoms with Crippen molar-refractivity contribution in [2.45, 2.75) is 45.1 Å². The van der Waals surface area contributed by atoms with E-state index in [0.717, 1.165) is 24.8 Å². The molecule has 6 heteroatoms. The summed E-state index contributed by atoms with van der Waals surface area (Å²) < 4.78 is 1.81. The first-order valence-corrected chi connectivity index (χ1v) is 9.14. The van der Waals surface area contributed by atoms with Crippen LogP contribution in [0.3, 0.4) is 0 Å². The number of carbonyl (C=O) groups excluding carboxylic acids is 1. The summed E-state index contributed by atoms with van der Waals surface area (Å²) >= 11 is 0.